The number of anilines is 2. The number of para-hydroxylation sites is 1. The highest BCUT2D eigenvalue weighted by Crippen LogP contribution is 2.18. The molecule has 1 aromatic carbocycles. The fourth-order valence-electron chi connectivity index (χ4n) is 1.30. The Labute approximate surface area is 88.6 Å². The third kappa shape index (κ3) is 2.10. The van der Waals surface area contributed by atoms with Crippen molar-refractivity contribution in [2.24, 2.45) is 0 Å². The first-order valence-electron chi connectivity index (χ1n) is 4.72. The van der Waals surface area contributed by atoms with Crippen LogP contribution in [0.1, 0.15) is 5.82 Å². The lowest BCUT2D eigenvalue weighted by Gasteiger charge is -2.16. The molecule has 0 fully saturated rings. The monoisotopic (exact) mass is 200 g/mol. The first kappa shape index (κ1) is 9.58. The lowest BCUT2D eigenvalue weighted by Crippen LogP contribution is -2.13. The van der Waals surface area contributed by atoms with E-state index in [0.29, 0.717) is 5.95 Å². The summed E-state index contributed by atoms with van der Waals surface area (Å²) in [7, 11) is 1.93. The van der Waals surface area contributed by atoms with Gasteiger partial charge >= 0.3 is 0 Å². The Hall–Kier alpha value is -1.97. The fraction of sp³-hybridized carbons (Fsp3) is 0.182. The largest absolute Gasteiger partial charge is 0.314 e. The zero-order chi connectivity index (χ0) is 10.7. The average molecular weight is 200 g/mol. The van der Waals surface area contributed by atoms with Crippen molar-refractivity contribution in [3.05, 3.63) is 42.5 Å². The summed E-state index contributed by atoms with van der Waals surface area (Å²) in [6.07, 6.45) is 1.52. The summed E-state index contributed by atoms with van der Waals surface area (Å²) in [5.74, 6) is 1.39. The molecule has 0 spiro atoms. The molecule has 0 aliphatic carbocycles. The molecule has 0 saturated carbocycles. The van der Waals surface area contributed by atoms with E-state index in [-0.39, 0.29) is 0 Å². The number of hydrogen-bond acceptors (Lipinski definition) is 4. The molecule has 2 rings (SSSR count). The van der Waals surface area contributed by atoms with Crippen LogP contribution >= 0.6 is 0 Å². The van der Waals surface area contributed by atoms with E-state index in [2.05, 4.69) is 15.0 Å². The van der Waals surface area contributed by atoms with E-state index in [4.69, 9.17) is 0 Å². The smallest absolute Gasteiger partial charge is 0.232 e. The van der Waals surface area contributed by atoms with Gasteiger partial charge in [-0.05, 0) is 19.1 Å². The minimum Gasteiger partial charge on any atom is -0.314 e. The fourth-order valence-corrected chi connectivity index (χ4v) is 1.30. The van der Waals surface area contributed by atoms with Crippen LogP contribution in [0.3, 0.4) is 0 Å². The quantitative estimate of drug-likeness (QED) is 0.743. The second kappa shape index (κ2) is 4.04. The average Bonchev–Trinajstić information content (AvgIpc) is 2.29. The van der Waals surface area contributed by atoms with Gasteiger partial charge in [0.25, 0.3) is 0 Å². The number of hydrogen-bond donors (Lipinski definition) is 0. The Morgan fingerprint density at radius 3 is 2.47 bits per heavy atom. The molecule has 1 aromatic heterocycles. The Morgan fingerprint density at radius 2 is 1.80 bits per heavy atom. The molecule has 0 saturated heterocycles. The van der Waals surface area contributed by atoms with Gasteiger partial charge < -0.3 is 4.90 Å². The predicted octanol–water partition coefficient (Wildman–Crippen LogP) is 1.95. The third-order valence-corrected chi connectivity index (χ3v) is 2.12. The van der Waals surface area contributed by atoms with Crippen LogP contribution in [0, 0.1) is 6.92 Å². The first-order chi connectivity index (χ1) is 7.27. The van der Waals surface area contributed by atoms with E-state index < -0.39 is 0 Å². The van der Waals surface area contributed by atoms with Gasteiger partial charge in [0.05, 0.1) is 0 Å². The molecule has 0 N–H and O–H groups in total. The van der Waals surface area contributed by atoms with Gasteiger partial charge in [-0.1, -0.05) is 18.2 Å². The van der Waals surface area contributed by atoms with E-state index in [1.54, 1.807) is 0 Å². The highest BCUT2D eigenvalue weighted by atomic mass is 15.2. The van der Waals surface area contributed by atoms with Gasteiger partial charge in [0, 0.05) is 12.7 Å². The molecule has 2 aromatic rings. The van der Waals surface area contributed by atoms with Crippen LogP contribution in [0.25, 0.3) is 0 Å². The second-order valence-corrected chi connectivity index (χ2v) is 3.23. The second-order valence-electron chi connectivity index (χ2n) is 3.23. The van der Waals surface area contributed by atoms with Crippen molar-refractivity contribution in [1.82, 2.24) is 15.0 Å². The molecule has 0 atom stereocenters. The molecular formula is C11H12N4. The first-order valence-corrected chi connectivity index (χ1v) is 4.72. The number of aromatic nitrogens is 3. The lowest BCUT2D eigenvalue weighted by atomic mass is 10.3. The number of rotatable bonds is 2. The Bertz CT molecular complexity index is 441. The van der Waals surface area contributed by atoms with E-state index in [1.807, 2.05) is 49.2 Å². The number of nitrogens with zero attached hydrogens (tertiary/aromatic N) is 4. The third-order valence-electron chi connectivity index (χ3n) is 2.12. The topological polar surface area (TPSA) is 41.9 Å². The van der Waals surface area contributed by atoms with Crippen LogP contribution in [0.4, 0.5) is 11.6 Å². The minimum absolute atomic E-state index is 0.661. The van der Waals surface area contributed by atoms with E-state index in [9.17, 15) is 0 Å². The maximum atomic E-state index is 4.25. The van der Waals surface area contributed by atoms with Crippen molar-refractivity contribution in [2.45, 2.75) is 6.92 Å². The lowest BCUT2D eigenvalue weighted by molar-refractivity contribution is 0.937. The summed E-state index contributed by atoms with van der Waals surface area (Å²) >= 11 is 0. The zero-order valence-electron chi connectivity index (χ0n) is 8.75. The highest BCUT2D eigenvalue weighted by molar-refractivity contribution is 5.55. The molecule has 0 aliphatic rings. The van der Waals surface area contributed by atoms with Crippen LogP contribution in [0.5, 0.6) is 0 Å². The number of aryl methyl sites for hydroxylation is 1. The summed E-state index contributed by atoms with van der Waals surface area (Å²) in [5.41, 5.74) is 1.06. The van der Waals surface area contributed by atoms with Crippen molar-refractivity contribution in [3.8, 4) is 0 Å². The van der Waals surface area contributed by atoms with Gasteiger partial charge in [0.15, 0.2) is 0 Å². The van der Waals surface area contributed by atoms with Crippen LogP contribution in [-0.4, -0.2) is 22.0 Å². The molecule has 0 unspecified atom stereocenters. The van der Waals surface area contributed by atoms with Crippen molar-refractivity contribution in [3.63, 3.8) is 0 Å². The maximum Gasteiger partial charge on any atom is 0.232 e. The Morgan fingerprint density at radius 1 is 1.07 bits per heavy atom. The van der Waals surface area contributed by atoms with Crippen molar-refractivity contribution >= 4 is 11.6 Å². The molecule has 15 heavy (non-hydrogen) atoms. The van der Waals surface area contributed by atoms with E-state index in [0.717, 1.165) is 11.5 Å². The summed E-state index contributed by atoms with van der Waals surface area (Å²) in [6.45, 7) is 1.85. The molecule has 0 aliphatic heterocycles. The normalized spacial score (nSPS) is 10.0. The van der Waals surface area contributed by atoms with E-state index in [1.165, 1.54) is 6.33 Å². The maximum absolute atomic E-state index is 4.25. The van der Waals surface area contributed by atoms with Crippen molar-refractivity contribution in [1.29, 1.82) is 0 Å². The van der Waals surface area contributed by atoms with Crippen molar-refractivity contribution in [2.75, 3.05) is 11.9 Å². The molecule has 0 radical (unpaired) electrons. The molecule has 1 heterocycles. The molecular weight excluding hydrogens is 188 g/mol. The van der Waals surface area contributed by atoms with Gasteiger partial charge in [0.2, 0.25) is 5.95 Å². The molecule has 0 amide bonds. The van der Waals surface area contributed by atoms with Crippen LogP contribution < -0.4 is 4.90 Å². The predicted molar refractivity (Wildman–Crippen MR) is 59.1 cm³/mol. The summed E-state index contributed by atoms with van der Waals surface area (Å²) < 4.78 is 0. The van der Waals surface area contributed by atoms with Gasteiger partial charge in [-0.3, -0.25) is 0 Å². The Balaban J connectivity index is 2.32. The standard InChI is InChI=1S/C11H12N4/c1-9-12-8-13-11(14-9)15(2)10-6-4-3-5-7-10/h3-8H,1-2H3. The Kier molecular flexibility index (Phi) is 2.58. The molecule has 4 heteroatoms. The van der Waals surface area contributed by atoms with Gasteiger partial charge in [0.1, 0.15) is 12.2 Å². The summed E-state index contributed by atoms with van der Waals surface area (Å²) in [6, 6.07) is 9.98. The summed E-state index contributed by atoms with van der Waals surface area (Å²) in [5, 5.41) is 0. The van der Waals surface area contributed by atoms with Crippen molar-refractivity contribution < 1.29 is 0 Å². The van der Waals surface area contributed by atoms with Crippen LogP contribution in [0.15, 0.2) is 36.7 Å². The molecule has 4 nitrogen and oxygen atoms in total. The van der Waals surface area contributed by atoms with E-state index >= 15 is 0 Å². The van der Waals surface area contributed by atoms with Crippen LogP contribution in [0.2, 0.25) is 0 Å². The van der Waals surface area contributed by atoms with Gasteiger partial charge in [-0.25, -0.2) is 9.97 Å². The van der Waals surface area contributed by atoms with Crippen LogP contribution in [-0.2, 0) is 0 Å². The van der Waals surface area contributed by atoms with Gasteiger partial charge in [-0.2, -0.15) is 4.98 Å². The SMILES string of the molecule is Cc1ncnc(N(C)c2ccccc2)n1. The molecule has 0 bridgehead atoms. The number of benzene rings is 1. The zero-order valence-corrected chi connectivity index (χ0v) is 8.75. The summed E-state index contributed by atoms with van der Waals surface area (Å²) in [4.78, 5) is 14.3. The van der Waals surface area contributed by atoms with Gasteiger partial charge in [-0.15, -0.1) is 0 Å². The molecule has 76 valence electrons. The highest BCUT2D eigenvalue weighted by Gasteiger charge is 2.05. The minimum atomic E-state index is 0.661.